The van der Waals surface area contributed by atoms with Crippen molar-refractivity contribution in [3.05, 3.63) is 58.5 Å². The molecule has 1 aliphatic heterocycles. The molecule has 1 N–H and O–H groups in total. The SMILES string of the molecule is CC(C)NC(=O)c1sc2ccccc2c1[C@@H]1CCN(Cc2cnc(C(C)C)nc2)C1. The fourth-order valence-electron chi connectivity index (χ4n) is 4.18. The first-order valence-electron chi connectivity index (χ1n) is 10.8. The fraction of sp³-hybridized carbons (Fsp3) is 0.458. The summed E-state index contributed by atoms with van der Waals surface area (Å²) >= 11 is 1.62. The van der Waals surface area contributed by atoms with Crippen molar-refractivity contribution in [2.75, 3.05) is 13.1 Å². The molecule has 1 saturated heterocycles. The maximum absolute atomic E-state index is 12.9. The summed E-state index contributed by atoms with van der Waals surface area (Å²) < 4.78 is 1.19. The molecule has 3 aromatic rings. The summed E-state index contributed by atoms with van der Waals surface area (Å²) in [4.78, 5) is 25.3. The maximum atomic E-state index is 12.9. The number of amides is 1. The largest absolute Gasteiger partial charge is 0.349 e. The van der Waals surface area contributed by atoms with Gasteiger partial charge in [-0.1, -0.05) is 32.0 Å². The molecular weight excluding hydrogens is 392 g/mol. The second-order valence-corrected chi connectivity index (χ2v) is 9.85. The molecule has 158 valence electrons. The molecule has 0 radical (unpaired) electrons. The monoisotopic (exact) mass is 422 g/mol. The Morgan fingerprint density at radius 1 is 1.20 bits per heavy atom. The van der Waals surface area contributed by atoms with Crippen LogP contribution < -0.4 is 5.32 Å². The minimum Gasteiger partial charge on any atom is -0.349 e. The van der Waals surface area contributed by atoms with Gasteiger partial charge in [0.1, 0.15) is 5.82 Å². The van der Waals surface area contributed by atoms with Gasteiger partial charge in [-0.15, -0.1) is 11.3 Å². The van der Waals surface area contributed by atoms with Crippen LogP contribution in [0.3, 0.4) is 0 Å². The number of likely N-dealkylation sites (tertiary alicyclic amines) is 1. The van der Waals surface area contributed by atoms with Crippen LogP contribution in [0.2, 0.25) is 0 Å². The minimum atomic E-state index is 0.0531. The van der Waals surface area contributed by atoms with Gasteiger partial charge in [-0.3, -0.25) is 9.69 Å². The van der Waals surface area contributed by atoms with E-state index in [0.29, 0.717) is 11.8 Å². The Morgan fingerprint density at radius 2 is 1.93 bits per heavy atom. The van der Waals surface area contributed by atoms with Crippen molar-refractivity contribution in [3.8, 4) is 0 Å². The van der Waals surface area contributed by atoms with Gasteiger partial charge in [-0.05, 0) is 43.8 Å². The van der Waals surface area contributed by atoms with Crippen molar-refractivity contribution in [1.82, 2.24) is 20.2 Å². The maximum Gasteiger partial charge on any atom is 0.261 e. The summed E-state index contributed by atoms with van der Waals surface area (Å²) in [6.07, 6.45) is 4.97. The third-order valence-electron chi connectivity index (χ3n) is 5.59. The average Bonchev–Trinajstić information content (AvgIpc) is 3.32. The number of carbonyl (C=O) groups is 1. The lowest BCUT2D eigenvalue weighted by Crippen LogP contribution is -2.30. The quantitative estimate of drug-likeness (QED) is 0.611. The molecule has 1 fully saturated rings. The van der Waals surface area contributed by atoms with E-state index in [-0.39, 0.29) is 11.9 Å². The average molecular weight is 423 g/mol. The highest BCUT2D eigenvalue weighted by molar-refractivity contribution is 7.21. The second-order valence-electron chi connectivity index (χ2n) is 8.79. The van der Waals surface area contributed by atoms with Gasteiger partial charge in [0.25, 0.3) is 5.91 Å². The molecule has 6 heteroatoms. The van der Waals surface area contributed by atoms with Gasteiger partial charge in [0, 0.05) is 53.6 Å². The van der Waals surface area contributed by atoms with Crippen molar-refractivity contribution < 1.29 is 4.79 Å². The van der Waals surface area contributed by atoms with E-state index >= 15 is 0 Å². The normalized spacial score (nSPS) is 17.3. The molecule has 0 bridgehead atoms. The smallest absolute Gasteiger partial charge is 0.261 e. The first kappa shape index (κ1) is 20.9. The van der Waals surface area contributed by atoms with E-state index in [2.05, 4.69) is 58.3 Å². The zero-order chi connectivity index (χ0) is 21.3. The van der Waals surface area contributed by atoms with Crippen molar-refractivity contribution in [2.24, 2.45) is 0 Å². The van der Waals surface area contributed by atoms with E-state index < -0.39 is 0 Å². The second kappa shape index (κ2) is 8.82. The minimum absolute atomic E-state index is 0.0531. The molecule has 0 unspecified atom stereocenters. The summed E-state index contributed by atoms with van der Waals surface area (Å²) in [5.41, 5.74) is 2.37. The lowest BCUT2D eigenvalue weighted by Gasteiger charge is -2.17. The Hall–Kier alpha value is -2.31. The van der Waals surface area contributed by atoms with Crippen LogP contribution in [0.4, 0.5) is 0 Å². The van der Waals surface area contributed by atoms with Crippen LogP contribution in [0.1, 0.15) is 72.6 Å². The summed E-state index contributed by atoms with van der Waals surface area (Å²) in [5, 5.41) is 4.32. The molecule has 30 heavy (non-hydrogen) atoms. The molecule has 4 rings (SSSR count). The van der Waals surface area contributed by atoms with Gasteiger partial charge in [0.15, 0.2) is 0 Å². The Morgan fingerprint density at radius 3 is 2.63 bits per heavy atom. The van der Waals surface area contributed by atoms with Gasteiger partial charge in [-0.2, -0.15) is 0 Å². The Kier molecular flexibility index (Phi) is 6.16. The fourth-order valence-corrected chi connectivity index (χ4v) is 5.37. The van der Waals surface area contributed by atoms with Gasteiger partial charge in [-0.25, -0.2) is 9.97 Å². The molecule has 1 amide bonds. The molecule has 0 saturated carbocycles. The number of thiophene rings is 1. The van der Waals surface area contributed by atoms with Crippen molar-refractivity contribution in [3.63, 3.8) is 0 Å². The lowest BCUT2D eigenvalue weighted by molar-refractivity contribution is 0.0946. The van der Waals surface area contributed by atoms with Crippen LogP contribution in [-0.4, -0.2) is 39.9 Å². The molecule has 2 aromatic heterocycles. The van der Waals surface area contributed by atoms with Gasteiger partial charge < -0.3 is 5.32 Å². The van der Waals surface area contributed by atoms with E-state index in [1.54, 1.807) is 11.3 Å². The molecule has 1 aromatic carbocycles. The summed E-state index contributed by atoms with van der Waals surface area (Å²) in [5.74, 6) is 1.66. The van der Waals surface area contributed by atoms with E-state index in [0.717, 1.165) is 42.3 Å². The van der Waals surface area contributed by atoms with Crippen LogP contribution in [-0.2, 0) is 6.54 Å². The number of fused-ring (bicyclic) bond motifs is 1. The Balaban J connectivity index is 1.55. The third kappa shape index (κ3) is 4.40. The number of carbonyl (C=O) groups excluding carboxylic acids is 1. The zero-order valence-electron chi connectivity index (χ0n) is 18.2. The molecule has 5 nitrogen and oxygen atoms in total. The van der Waals surface area contributed by atoms with E-state index in [4.69, 9.17) is 0 Å². The molecular formula is C24H30N4OS. The number of rotatable bonds is 6. The topological polar surface area (TPSA) is 58.1 Å². The standard InChI is InChI=1S/C24H30N4OS/c1-15(2)23-25-11-17(12-26-23)13-28-10-9-18(14-28)21-19-7-5-6-8-20(19)30-22(21)24(29)27-16(3)4/h5-8,11-12,15-16,18H,9-10,13-14H2,1-4H3,(H,27,29)/t18-/m1/s1. The number of nitrogens with zero attached hydrogens (tertiary/aromatic N) is 3. The van der Waals surface area contributed by atoms with Crippen LogP contribution in [0.5, 0.6) is 0 Å². The van der Waals surface area contributed by atoms with Gasteiger partial charge >= 0.3 is 0 Å². The highest BCUT2D eigenvalue weighted by Crippen LogP contribution is 2.40. The van der Waals surface area contributed by atoms with Gasteiger partial charge in [0.2, 0.25) is 0 Å². The van der Waals surface area contributed by atoms with Crippen LogP contribution in [0.15, 0.2) is 36.7 Å². The van der Waals surface area contributed by atoms with E-state index in [9.17, 15) is 4.79 Å². The van der Waals surface area contributed by atoms with Crippen LogP contribution >= 0.6 is 11.3 Å². The van der Waals surface area contributed by atoms with E-state index in [1.165, 1.54) is 15.6 Å². The number of aromatic nitrogens is 2. The molecule has 0 spiro atoms. The predicted molar refractivity (Wildman–Crippen MR) is 123 cm³/mol. The summed E-state index contributed by atoms with van der Waals surface area (Å²) in [7, 11) is 0. The predicted octanol–water partition coefficient (Wildman–Crippen LogP) is 4.94. The third-order valence-corrected chi connectivity index (χ3v) is 6.77. The molecule has 1 aliphatic rings. The summed E-state index contributed by atoms with van der Waals surface area (Å²) in [6, 6.07) is 8.53. The first-order chi connectivity index (χ1) is 14.4. The van der Waals surface area contributed by atoms with Crippen LogP contribution in [0.25, 0.3) is 10.1 Å². The van der Waals surface area contributed by atoms with Crippen molar-refractivity contribution >= 4 is 27.3 Å². The first-order valence-corrected chi connectivity index (χ1v) is 11.6. The summed E-state index contributed by atoms with van der Waals surface area (Å²) in [6.45, 7) is 11.1. The lowest BCUT2D eigenvalue weighted by atomic mass is 9.95. The Labute approximate surface area is 182 Å². The highest BCUT2D eigenvalue weighted by Gasteiger charge is 2.30. The molecule has 3 heterocycles. The number of nitrogens with one attached hydrogen (secondary N) is 1. The van der Waals surface area contributed by atoms with Crippen LogP contribution in [0, 0.1) is 0 Å². The van der Waals surface area contributed by atoms with E-state index in [1.807, 2.05) is 26.2 Å². The number of hydrogen-bond acceptors (Lipinski definition) is 5. The number of benzene rings is 1. The zero-order valence-corrected chi connectivity index (χ0v) is 19.0. The molecule has 0 aliphatic carbocycles. The number of hydrogen-bond donors (Lipinski definition) is 1. The molecule has 1 atom stereocenters. The highest BCUT2D eigenvalue weighted by atomic mass is 32.1. The van der Waals surface area contributed by atoms with Crippen molar-refractivity contribution in [2.45, 2.75) is 58.5 Å². The van der Waals surface area contributed by atoms with Gasteiger partial charge in [0.05, 0.1) is 4.88 Å². The Bertz CT molecular complexity index is 1030. The van der Waals surface area contributed by atoms with Crippen molar-refractivity contribution in [1.29, 1.82) is 0 Å².